The smallest absolute Gasteiger partial charge is 0.220 e. The Morgan fingerprint density at radius 3 is 0.924 bits per heavy atom. The van der Waals surface area contributed by atoms with Gasteiger partial charge in [-0.05, 0) is 12.8 Å². The Morgan fingerprint density at radius 2 is 0.620 bits per heavy atom. The lowest BCUT2D eigenvalue weighted by molar-refractivity contribution is -0.359. The molecule has 0 bridgehead atoms. The number of rotatable bonds is 69. The van der Waals surface area contributed by atoms with Gasteiger partial charge in [0.1, 0.15) is 48.8 Å². The van der Waals surface area contributed by atoms with Crippen LogP contribution in [0.25, 0.3) is 0 Å². The van der Waals surface area contributed by atoms with Crippen LogP contribution in [0, 0.1) is 0 Å². The molecule has 0 saturated carbocycles. The topological polar surface area (TPSA) is 228 Å². The molecule has 0 aliphatic carbocycles. The van der Waals surface area contributed by atoms with E-state index in [0.29, 0.717) is 12.8 Å². The molecule has 12 unspecified atom stereocenters. The number of hydrogen-bond acceptors (Lipinski definition) is 13. The van der Waals surface area contributed by atoms with Crippen molar-refractivity contribution in [1.29, 1.82) is 0 Å². The van der Waals surface area contributed by atoms with E-state index in [4.69, 9.17) is 18.9 Å². The van der Waals surface area contributed by atoms with Gasteiger partial charge in [0.05, 0.1) is 32.0 Å². The van der Waals surface area contributed by atoms with Crippen molar-refractivity contribution >= 4 is 5.91 Å². The van der Waals surface area contributed by atoms with Crippen molar-refractivity contribution in [2.75, 3.05) is 19.8 Å². The lowest BCUT2D eigenvalue weighted by Gasteiger charge is -2.46. The van der Waals surface area contributed by atoms with E-state index in [9.17, 15) is 45.6 Å². The molecule has 12 atom stereocenters. The van der Waals surface area contributed by atoms with Crippen LogP contribution in [0.2, 0.25) is 0 Å². The number of hydrogen-bond donors (Lipinski definition) is 9. The molecular weight excluding hydrogens is 1160 g/mol. The van der Waals surface area contributed by atoms with E-state index in [-0.39, 0.29) is 12.5 Å². The number of aliphatic hydroxyl groups is 8. The quantitative estimate of drug-likeness (QED) is 0.0259. The number of carbonyl (C=O) groups is 1. The van der Waals surface area contributed by atoms with Gasteiger partial charge >= 0.3 is 0 Å². The molecule has 2 saturated heterocycles. The maximum Gasteiger partial charge on any atom is 0.220 e. The Kier molecular flexibility index (Phi) is 60.0. The maximum atomic E-state index is 13.4. The van der Waals surface area contributed by atoms with Crippen molar-refractivity contribution in [3.8, 4) is 0 Å². The molecule has 2 heterocycles. The summed E-state index contributed by atoms with van der Waals surface area (Å²) in [6, 6.07) is -0.825. The van der Waals surface area contributed by atoms with E-state index in [2.05, 4.69) is 19.2 Å². The summed E-state index contributed by atoms with van der Waals surface area (Å²) in [5.41, 5.74) is 0. The van der Waals surface area contributed by atoms with Crippen LogP contribution < -0.4 is 5.32 Å². The van der Waals surface area contributed by atoms with Gasteiger partial charge in [-0.2, -0.15) is 0 Å². The molecule has 0 aromatic heterocycles. The van der Waals surface area contributed by atoms with Crippen molar-refractivity contribution in [3.63, 3.8) is 0 Å². The van der Waals surface area contributed by atoms with E-state index in [1.165, 1.54) is 321 Å². The van der Waals surface area contributed by atoms with Crippen LogP contribution >= 0.6 is 0 Å². The molecule has 9 N–H and O–H groups in total. The Balaban J connectivity index is 1.57. The minimum Gasteiger partial charge on any atom is -0.394 e. The zero-order valence-corrected chi connectivity index (χ0v) is 60.1. The van der Waals surface area contributed by atoms with E-state index in [1.54, 1.807) is 0 Å². The summed E-state index contributed by atoms with van der Waals surface area (Å²) < 4.78 is 23.0. The summed E-state index contributed by atoms with van der Waals surface area (Å²) >= 11 is 0. The first-order valence-corrected chi connectivity index (χ1v) is 40.3. The van der Waals surface area contributed by atoms with E-state index in [0.717, 1.165) is 51.4 Å². The van der Waals surface area contributed by atoms with Gasteiger partial charge in [-0.3, -0.25) is 4.79 Å². The molecule has 548 valence electrons. The van der Waals surface area contributed by atoms with E-state index >= 15 is 0 Å². The summed E-state index contributed by atoms with van der Waals surface area (Å²) in [6.45, 7) is 2.94. The van der Waals surface area contributed by atoms with Crippen LogP contribution in [0.4, 0.5) is 0 Å². The fraction of sp³-hybridized carbons (Fsp3) is 0.987. The third-order valence-electron chi connectivity index (χ3n) is 20.3. The minimum atomic E-state index is -1.78. The zero-order chi connectivity index (χ0) is 66.6. The Morgan fingerprint density at radius 1 is 0.348 bits per heavy atom. The van der Waals surface area contributed by atoms with Gasteiger partial charge < -0.3 is 65.1 Å². The Labute approximate surface area is 565 Å². The highest BCUT2D eigenvalue weighted by Crippen LogP contribution is 2.31. The summed E-state index contributed by atoms with van der Waals surface area (Å²) in [5, 5.41) is 87.8. The predicted molar refractivity (Wildman–Crippen MR) is 379 cm³/mol. The fourth-order valence-electron chi connectivity index (χ4n) is 14.0. The highest BCUT2D eigenvalue weighted by atomic mass is 16.7. The second kappa shape index (κ2) is 63.4. The number of amides is 1. The first kappa shape index (κ1) is 87.1. The average molecular weight is 1310 g/mol. The third kappa shape index (κ3) is 46.3. The number of aliphatic hydroxyl groups excluding tert-OH is 8. The van der Waals surface area contributed by atoms with Crippen LogP contribution in [-0.4, -0.2) is 140 Å². The highest BCUT2D eigenvalue weighted by Gasteiger charge is 2.51. The van der Waals surface area contributed by atoms with Gasteiger partial charge in [-0.1, -0.05) is 380 Å². The maximum absolute atomic E-state index is 13.4. The molecule has 0 aromatic rings. The van der Waals surface area contributed by atoms with Crippen LogP contribution in [-0.2, 0) is 23.7 Å². The van der Waals surface area contributed by atoms with Gasteiger partial charge in [0.25, 0.3) is 0 Å². The number of ether oxygens (including phenoxy) is 4. The summed E-state index contributed by atoms with van der Waals surface area (Å²) in [6.07, 6.45) is 61.6. The lowest BCUT2D eigenvalue weighted by atomic mass is 9.97. The highest BCUT2D eigenvalue weighted by molar-refractivity contribution is 5.76. The molecule has 0 spiro atoms. The zero-order valence-electron chi connectivity index (χ0n) is 60.1. The second-order valence-electron chi connectivity index (χ2n) is 28.9. The predicted octanol–water partition coefficient (Wildman–Crippen LogP) is 17.9. The molecule has 2 fully saturated rings. The summed E-state index contributed by atoms with van der Waals surface area (Å²) in [7, 11) is 0. The molecule has 92 heavy (non-hydrogen) atoms. The molecular formula is C78H153NO13. The normalized spacial score (nSPS) is 22.5. The summed E-state index contributed by atoms with van der Waals surface area (Å²) in [5.74, 6) is -0.195. The van der Waals surface area contributed by atoms with Gasteiger partial charge in [0.2, 0.25) is 5.91 Å². The van der Waals surface area contributed by atoms with Gasteiger partial charge in [0.15, 0.2) is 12.6 Å². The number of unbranched alkanes of at least 4 members (excludes halogenated alkanes) is 56. The molecule has 2 rings (SSSR count). The van der Waals surface area contributed by atoms with Crippen LogP contribution in [0.1, 0.15) is 399 Å². The van der Waals surface area contributed by atoms with E-state index in [1.807, 2.05) is 0 Å². The second-order valence-corrected chi connectivity index (χ2v) is 28.9. The van der Waals surface area contributed by atoms with Crippen molar-refractivity contribution in [2.45, 2.75) is 473 Å². The molecule has 0 aromatic carbocycles. The monoisotopic (exact) mass is 1310 g/mol. The number of nitrogens with one attached hydrogen (secondary N) is 1. The minimum absolute atomic E-state index is 0.195. The molecule has 1 amide bonds. The largest absolute Gasteiger partial charge is 0.394 e. The van der Waals surface area contributed by atoms with Crippen molar-refractivity contribution in [2.24, 2.45) is 0 Å². The van der Waals surface area contributed by atoms with Crippen LogP contribution in [0.3, 0.4) is 0 Å². The van der Waals surface area contributed by atoms with Crippen molar-refractivity contribution in [3.05, 3.63) is 0 Å². The van der Waals surface area contributed by atoms with E-state index < -0.39 is 86.8 Å². The fourth-order valence-corrected chi connectivity index (χ4v) is 14.0. The van der Waals surface area contributed by atoms with Gasteiger partial charge in [0, 0.05) is 6.42 Å². The molecule has 2 aliphatic rings. The standard InChI is InChI=1S/C78H153NO13/c1-3-5-7-9-11-13-15-17-19-21-23-25-27-28-29-30-31-32-33-34-35-36-37-38-39-40-42-44-46-48-50-52-54-56-58-60-62-70(83)79-66(65-89-77-75(88)73(86)76(69(64-81)91-77)92-78-74(87)72(85)71(84)68(63-80)90-78)67(82)61-59-57-55-53-51-49-47-45-43-41-26-24-22-20-18-16-14-12-10-8-6-4-2/h66-69,71-78,80-82,84-88H,3-65H2,1-2H3,(H,79,83). The first-order chi connectivity index (χ1) is 45.1. The molecule has 2 aliphatic heterocycles. The lowest BCUT2D eigenvalue weighted by Crippen LogP contribution is -2.65. The summed E-state index contributed by atoms with van der Waals surface area (Å²) in [4.78, 5) is 13.4. The SMILES string of the molecule is CCCCCCCCCCCCCCCCCCCCCCCCCCCCCCCCCCCCCCC(=O)NC(COC1OC(CO)C(OC2OC(CO)C(O)C(O)C2O)C(O)C1O)C(O)CCCCCCCCCCCCCCCCCCCCCCCC. The number of carbonyl (C=O) groups excluding carboxylic acids is 1. The van der Waals surface area contributed by atoms with Gasteiger partial charge in [-0.15, -0.1) is 0 Å². The molecule has 14 nitrogen and oxygen atoms in total. The Bertz CT molecular complexity index is 1550. The van der Waals surface area contributed by atoms with Crippen molar-refractivity contribution in [1.82, 2.24) is 5.32 Å². The van der Waals surface area contributed by atoms with Gasteiger partial charge in [-0.25, -0.2) is 0 Å². The molecule has 0 radical (unpaired) electrons. The average Bonchev–Trinajstić information content (AvgIpc) is 0.861. The third-order valence-corrected chi connectivity index (χ3v) is 20.3. The van der Waals surface area contributed by atoms with Crippen molar-refractivity contribution < 1.29 is 64.6 Å². The first-order valence-electron chi connectivity index (χ1n) is 40.3. The molecule has 14 heteroatoms. The van der Waals surface area contributed by atoms with Crippen LogP contribution in [0.5, 0.6) is 0 Å². The van der Waals surface area contributed by atoms with Crippen LogP contribution in [0.15, 0.2) is 0 Å². The Hall–Kier alpha value is -1.01.